The minimum atomic E-state index is -0.890. The van der Waals surface area contributed by atoms with Crippen LogP contribution < -0.4 is 10.4 Å². The van der Waals surface area contributed by atoms with Gasteiger partial charge in [-0.15, -0.1) is 0 Å². The number of carboxylic acid groups (broad SMARTS) is 1. The van der Waals surface area contributed by atoms with Crippen molar-refractivity contribution in [2.75, 3.05) is 17.0 Å². The highest BCUT2D eigenvalue weighted by atomic mass is 32.2. The first-order valence-electron chi connectivity index (χ1n) is 5.73. The number of hydrogen-bond acceptors (Lipinski definition) is 5. The molecule has 2 N–H and O–H groups in total. The number of aryl methyl sites for hydroxylation is 1. The van der Waals surface area contributed by atoms with Crippen LogP contribution in [0.5, 0.6) is 0 Å². The number of rotatable bonds is 8. The highest BCUT2D eigenvalue weighted by molar-refractivity contribution is 7.98. The molecular formula is C12H17N3O2S2. The largest absolute Gasteiger partial charge is 0.480 e. The number of nitrogens with zero attached hydrogens (tertiary/aromatic N) is 2. The molecule has 19 heavy (non-hydrogen) atoms. The molecule has 0 saturated heterocycles. The maximum absolute atomic E-state index is 11.4. The van der Waals surface area contributed by atoms with E-state index in [1.54, 1.807) is 18.0 Å². The minimum Gasteiger partial charge on any atom is -0.480 e. The fraction of sp³-hybridized carbons (Fsp3) is 0.417. The van der Waals surface area contributed by atoms with Crippen molar-refractivity contribution >= 4 is 41.1 Å². The molecule has 7 heteroatoms. The number of thiocarbonyl (C=S) groups is 1. The molecule has 1 rings (SSSR count). The van der Waals surface area contributed by atoms with Gasteiger partial charge in [0.25, 0.3) is 0 Å². The average Bonchev–Trinajstić information content (AvgIpc) is 2.38. The van der Waals surface area contributed by atoms with Crippen LogP contribution in [0, 0.1) is 6.92 Å². The van der Waals surface area contributed by atoms with Gasteiger partial charge in [0, 0.05) is 5.69 Å². The molecule has 0 unspecified atom stereocenters. The Morgan fingerprint density at radius 3 is 2.89 bits per heavy atom. The number of carbonyl (C=O) groups is 1. The number of pyridine rings is 1. The van der Waals surface area contributed by atoms with Crippen LogP contribution in [0.15, 0.2) is 18.3 Å². The molecule has 104 valence electrons. The van der Waals surface area contributed by atoms with Crippen molar-refractivity contribution in [3.05, 3.63) is 24.0 Å². The van der Waals surface area contributed by atoms with Crippen LogP contribution in [0.25, 0.3) is 0 Å². The number of hydrazine groups is 1. The Morgan fingerprint density at radius 1 is 1.68 bits per heavy atom. The summed E-state index contributed by atoms with van der Waals surface area (Å²) in [6.07, 6.45) is 4.10. The third-order valence-electron chi connectivity index (χ3n) is 2.56. The summed E-state index contributed by atoms with van der Waals surface area (Å²) >= 11 is 6.39. The summed E-state index contributed by atoms with van der Waals surface area (Å²) in [4.78, 5) is 15.6. The van der Waals surface area contributed by atoms with Gasteiger partial charge in [-0.05, 0) is 37.5 Å². The van der Waals surface area contributed by atoms with Crippen LogP contribution in [0.4, 0.5) is 5.69 Å². The lowest BCUT2D eigenvalue weighted by Crippen LogP contribution is -2.49. The van der Waals surface area contributed by atoms with E-state index >= 15 is 0 Å². The monoisotopic (exact) mass is 299 g/mol. The van der Waals surface area contributed by atoms with E-state index in [2.05, 4.69) is 10.4 Å². The number of anilines is 1. The predicted molar refractivity (Wildman–Crippen MR) is 82.7 cm³/mol. The second-order valence-corrected chi connectivity index (χ2v) is 5.13. The lowest BCUT2D eigenvalue weighted by atomic mass is 10.2. The molecular weight excluding hydrogens is 282 g/mol. The summed E-state index contributed by atoms with van der Waals surface area (Å²) in [6.45, 7) is 1.88. The van der Waals surface area contributed by atoms with Crippen LogP contribution in [-0.2, 0) is 4.79 Å². The van der Waals surface area contributed by atoms with Crippen molar-refractivity contribution in [2.45, 2.75) is 19.4 Å². The summed E-state index contributed by atoms with van der Waals surface area (Å²) in [5.74, 6) is -0.134. The summed E-state index contributed by atoms with van der Waals surface area (Å²) in [5.41, 5.74) is 5.66. The minimum absolute atomic E-state index is 0.514. The van der Waals surface area contributed by atoms with Crippen LogP contribution in [0.2, 0.25) is 0 Å². The molecule has 0 aliphatic carbocycles. The Kier molecular flexibility index (Phi) is 6.58. The van der Waals surface area contributed by atoms with Crippen LogP contribution in [0.1, 0.15) is 12.1 Å². The number of aliphatic carboxylic acids is 1. The van der Waals surface area contributed by atoms with Gasteiger partial charge in [0.05, 0.1) is 17.4 Å². The topological polar surface area (TPSA) is 65.5 Å². The van der Waals surface area contributed by atoms with E-state index in [1.165, 1.54) is 10.5 Å². The van der Waals surface area contributed by atoms with Gasteiger partial charge in [-0.25, -0.2) is 4.79 Å². The highest BCUT2D eigenvalue weighted by Gasteiger charge is 2.25. The van der Waals surface area contributed by atoms with Gasteiger partial charge < -0.3 is 5.11 Å². The van der Waals surface area contributed by atoms with Gasteiger partial charge in [-0.2, -0.15) is 11.8 Å². The van der Waals surface area contributed by atoms with Crippen molar-refractivity contribution in [1.82, 2.24) is 10.4 Å². The molecule has 0 aliphatic heterocycles. The van der Waals surface area contributed by atoms with E-state index in [-0.39, 0.29) is 0 Å². The molecule has 0 saturated carbocycles. The zero-order valence-corrected chi connectivity index (χ0v) is 12.5. The summed E-state index contributed by atoms with van der Waals surface area (Å²) in [7, 11) is 0. The molecule has 0 aliphatic rings. The highest BCUT2D eigenvalue weighted by Crippen LogP contribution is 2.17. The van der Waals surface area contributed by atoms with Crippen molar-refractivity contribution < 1.29 is 9.90 Å². The number of aromatic nitrogens is 1. The molecule has 0 radical (unpaired) electrons. The van der Waals surface area contributed by atoms with Crippen LogP contribution >= 0.6 is 24.0 Å². The maximum Gasteiger partial charge on any atom is 0.328 e. The van der Waals surface area contributed by atoms with Gasteiger partial charge in [-0.3, -0.25) is 15.4 Å². The van der Waals surface area contributed by atoms with Crippen molar-refractivity contribution in [3.63, 3.8) is 0 Å². The lowest BCUT2D eigenvalue weighted by molar-refractivity contribution is -0.138. The van der Waals surface area contributed by atoms with E-state index in [0.717, 1.165) is 11.4 Å². The third kappa shape index (κ3) is 4.68. The van der Waals surface area contributed by atoms with Gasteiger partial charge >= 0.3 is 5.97 Å². The molecule has 5 nitrogen and oxygen atoms in total. The Morgan fingerprint density at radius 2 is 2.42 bits per heavy atom. The third-order valence-corrected chi connectivity index (χ3v) is 3.31. The Bertz CT molecular complexity index is 425. The molecule has 0 aromatic carbocycles. The van der Waals surface area contributed by atoms with Gasteiger partial charge in [-0.1, -0.05) is 12.2 Å². The number of carboxylic acids is 1. The molecule has 0 amide bonds. The normalized spacial score (nSPS) is 11.7. The standard InChI is InChI=1S/C12H17N3O2S2/c1-9-3-4-10(7-13-9)15(14-8-18)11(12(16)17)5-6-19-2/h3-4,7-8,11H,5-6H2,1-2H3,(H,14,18)(H,16,17)/t11-/m0/s1. The summed E-state index contributed by atoms with van der Waals surface area (Å²) in [5, 5.41) is 10.9. The average molecular weight is 299 g/mol. The Hall–Kier alpha value is -1.34. The summed E-state index contributed by atoms with van der Waals surface area (Å²) < 4.78 is 0. The van der Waals surface area contributed by atoms with E-state index in [1.807, 2.05) is 25.3 Å². The van der Waals surface area contributed by atoms with E-state index in [9.17, 15) is 9.90 Å². The number of nitrogens with one attached hydrogen (secondary N) is 1. The van der Waals surface area contributed by atoms with Crippen molar-refractivity contribution in [3.8, 4) is 0 Å². The maximum atomic E-state index is 11.4. The zero-order valence-electron chi connectivity index (χ0n) is 10.9. The number of hydrogen-bond donors (Lipinski definition) is 2. The predicted octanol–water partition coefficient (Wildman–Crippen LogP) is 1.86. The molecule has 0 bridgehead atoms. The first-order chi connectivity index (χ1) is 9.10. The van der Waals surface area contributed by atoms with Gasteiger partial charge in [0.2, 0.25) is 0 Å². The van der Waals surface area contributed by atoms with Crippen LogP contribution in [-0.4, -0.2) is 39.6 Å². The second-order valence-electron chi connectivity index (χ2n) is 3.91. The van der Waals surface area contributed by atoms with Crippen molar-refractivity contribution in [2.24, 2.45) is 0 Å². The van der Waals surface area contributed by atoms with E-state index in [4.69, 9.17) is 12.2 Å². The lowest BCUT2D eigenvalue weighted by Gasteiger charge is -2.29. The molecule has 1 aromatic rings. The number of thioether (sulfide) groups is 1. The van der Waals surface area contributed by atoms with Crippen molar-refractivity contribution in [1.29, 1.82) is 0 Å². The fourth-order valence-electron chi connectivity index (χ4n) is 1.60. The molecule has 1 aromatic heterocycles. The molecule has 1 atom stereocenters. The zero-order chi connectivity index (χ0) is 14.3. The Labute approximate surface area is 122 Å². The van der Waals surface area contributed by atoms with Gasteiger partial charge in [0.15, 0.2) is 0 Å². The second kappa shape index (κ2) is 7.96. The first-order valence-corrected chi connectivity index (χ1v) is 7.60. The summed E-state index contributed by atoms with van der Waals surface area (Å²) in [6, 6.07) is 2.97. The molecule has 1 heterocycles. The van der Waals surface area contributed by atoms with E-state index < -0.39 is 12.0 Å². The van der Waals surface area contributed by atoms with Crippen LogP contribution in [0.3, 0.4) is 0 Å². The van der Waals surface area contributed by atoms with Gasteiger partial charge in [0.1, 0.15) is 6.04 Å². The first kappa shape index (κ1) is 15.7. The Balaban J connectivity index is 2.98. The smallest absolute Gasteiger partial charge is 0.328 e. The SMILES string of the molecule is CSCC[C@@H](C(=O)O)N(NC=S)c1ccc(C)nc1. The van der Waals surface area contributed by atoms with E-state index in [0.29, 0.717) is 12.1 Å². The quantitative estimate of drug-likeness (QED) is 0.561. The fourth-order valence-corrected chi connectivity index (χ4v) is 2.17. The molecule has 0 fully saturated rings. The molecule has 0 spiro atoms.